The molecule has 1 N–H and O–H groups in total. The Morgan fingerprint density at radius 2 is 2.20 bits per heavy atom. The maximum Gasteiger partial charge on any atom is 0.0587 e. The van der Waals surface area contributed by atoms with E-state index in [-0.39, 0.29) is 0 Å². The van der Waals surface area contributed by atoms with Crippen molar-refractivity contribution in [2.45, 2.75) is 18.6 Å². The van der Waals surface area contributed by atoms with E-state index in [9.17, 15) is 0 Å². The average molecular weight is 232 g/mol. The Kier molecular flexibility index (Phi) is 5.97. The molecule has 3 nitrogen and oxygen atoms in total. The quantitative estimate of drug-likeness (QED) is 0.692. The molecule has 0 radical (unpaired) electrons. The minimum atomic E-state index is 0.435. The van der Waals surface area contributed by atoms with Crippen molar-refractivity contribution in [1.29, 1.82) is 0 Å². The summed E-state index contributed by atoms with van der Waals surface area (Å²) in [6.07, 6.45) is 0. The molecule has 1 saturated heterocycles. The van der Waals surface area contributed by atoms with Crippen LogP contribution < -0.4 is 5.32 Å². The summed E-state index contributed by atoms with van der Waals surface area (Å²) in [5, 5.41) is 3.39. The summed E-state index contributed by atoms with van der Waals surface area (Å²) >= 11 is 2.09. The molecule has 0 atom stereocenters. The third-order valence-electron chi connectivity index (χ3n) is 2.59. The largest absolute Gasteiger partial charge is 0.383 e. The van der Waals surface area contributed by atoms with Crippen molar-refractivity contribution in [3.8, 4) is 0 Å². The van der Waals surface area contributed by atoms with Gasteiger partial charge in [-0.2, -0.15) is 11.8 Å². The van der Waals surface area contributed by atoms with E-state index in [0.29, 0.717) is 4.75 Å². The maximum atomic E-state index is 4.99. The van der Waals surface area contributed by atoms with Gasteiger partial charge >= 0.3 is 0 Å². The van der Waals surface area contributed by atoms with Crippen LogP contribution in [-0.4, -0.2) is 61.8 Å². The van der Waals surface area contributed by atoms with E-state index in [4.69, 9.17) is 4.74 Å². The van der Waals surface area contributed by atoms with E-state index >= 15 is 0 Å². The number of methoxy groups -OCH3 is 1. The van der Waals surface area contributed by atoms with Crippen molar-refractivity contribution < 1.29 is 4.74 Å². The molecule has 1 aliphatic rings. The van der Waals surface area contributed by atoms with Gasteiger partial charge in [0.25, 0.3) is 0 Å². The van der Waals surface area contributed by atoms with E-state index in [2.05, 4.69) is 35.8 Å². The first-order valence-corrected chi connectivity index (χ1v) is 6.68. The summed E-state index contributed by atoms with van der Waals surface area (Å²) in [6, 6.07) is 0. The van der Waals surface area contributed by atoms with E-state index in [1.807, 2.05) is 0 Å². The van der Waals surface area contributed by atoms with Gasteiger partial charge in [0.05, 0.1) is 6.61 Å². The first-order valence-electron chi connectivity index (χ1n) is 5.70. The van der Waals surface area contributed by atoms with Crippen LogP contribution in [0.15, 0.2) is 0 Å². The van der Waals surface area contributed by atoms with Gasteiger partial charge in [-0.15, -0.1) is 0 Å². The second-order valence-corrected chi connectivity index (χ2v) is 6.43. The average Bonchev–Trinajstić information content (AvgIpc) is 2.16. The van der Waals surface area contributed by atoms with Crippen molar-refractivity contribution in [2.24, 2.45) is 0 Å². The van der Waals surface area contributed by atoms with E-state index in [1.165, 1.54) is 18.8 Å². The molecule has 1 heterocycles. The number of rotatable bonds is 6. The van der Waals surface area contributed by atoms with Crippen LogP contribution >= 0.6 is 11.8 Å². The fourth-order valence-electron chi connectivity index (χ4n) is 1.84. The van der Waals surface area contributed by atoms with Gasteiger partial charge in [0.1, 0.15) is 0 Å². The first kappa shape index (κ1) is 13.3. The molecule has 0 aliphatic carbocycles. The van der Waals surface area contributed by atoms with Gasteiger partial charge in [0.2, 0.25) is 0 Å². The summed E-state index contributed by atoms with van der Waals surface area (Å²) in [6.45, 7) is 11.1. The standard InChI is InChI=1S/C11H24N2OS/c1-11(2)10-13(7-9-15-11)6-4-12-5-8-14-3/h12H,4-10H2,1-3H3. The minimum Gasteiger partial charge on any atom is -0.383 e. The molecule has 0 aromatic rings. The Bertz CT molecular complexity index is 176. The molecular formula is C11H24N2OS. The molecule has 15 heavy (non-hydrogen) atoms. The molecule has 1 aliphatic heterocycles. The number of nitrogens with zero attached hydrogens (tertiary/aromatic N) is 1. The molecule has 90 valence electrons. The molecule has 0 unspecified atom stereocenters. The molecule has 4 heteroatoms. The number of hydrogen-bond donors (Lipinski definition) is 1. The normalized spacial score (nSPS) is 21.8. The highest BCUT2D eigenvalue weighted by Crippen LogP contribution is 2.28. The van der Waals surface area contributed by atoms with Gasteiger partial charge in [-0.3, -0.25) is 4.90 Å². The zero-order valence-corrected chi connectivity index (χ0v) is 11.0. The monoisotopic (exact) mass is 232 g/mol. The summed E-state index contributed by atoms with van der Waals surface area (Å²) < 4.78 is 5.42. The van der Waals surface area contributed by atoms with Crippen molar-refractivity contribution in [1.82, 2.24) is 10.2 Å². The Balaban J connectivity index is 2.05. The number of ether oxygens (including phenoxy) is 1. The van der Waals surface area contributed by atoms with Crippen LogP contribution in [0.3, 0.4) is 0 Å². The Morgan fingerprint density at radius 3 is 2.87 bits per heavy atom. The zero-order valence-electron chi connectivity index (χ0n) is 10.2. The second kappa shape index (κ2) is 6.74. The highest BCUT2D eigenvalue weighted by atomic mass is 32.2. The Hall–Kier alpha value is 0.230. The van der Waals surface area contributed by atoms with Crippen molar-refractivity contribution in [2.75, 3.05) is 52.2 Å². The molecule has 0 bridgehead atoms. The van der Waals surface area contributed by atoms with Crippen LogP contribution in [0, 0.1) is 0 Å². The lowest BCUT2D eigenvalue weighted by atomic mass is 10.2. The predicted octanol–water partition coefficient (Wildman–Crippen LogP) is 1.05. The van der Waals surface area contributed by atoms with Gasteiger partial charge < -0.3 is 10.1 Å². The molecule has 1 rings (SSSR count). The highest BCUT2D eigenvalue weighted by molar-refractivity contribution is 8.00. The molecule has 0 amide bonds. The lowest BCUT2D eigenvalue weighted by Gasteiger charge is -2.37. The lowest BCUT2D eigenvalue weighted by molar-refractivity contribution is 0.196. The van der Waals surface area contributed by atoms with E-state index in [1.54, 1.807) is 7.11 Å². The van der Waals surface area contributed by atoms with Gasteiger partial charge in [-0.25, -0.2) is 0 Å². The summed E-state index contributed by atoms with van der Waals surface area (Å²) in [5.74, 6) is 1.27. The van der Waals surface area contributed by atoms with Crippen LogP contribution in [0.25, 0.3) is 0 Å². The van der Waals surface area contributed by atoms with Gasteiger partial charge in [-0.05, 0) is 13.8 Å². The van der Waals surface area contributed by atoms with Crippen LogP contribution in [0.4, 0.5) is 0 Å². The van der Waals surface area contributed by atoms with Crippen LogP contribution in [0.5, 0.6) is 0 Å². The lowest BCUT2D eigenvalue weighted by Crippen LogP contribution is -2.45. The minimum absolute atomic E-state index is 0.435. The topological polar surface area (TPSA) is 24.5 Å². The highest BCUT2D eigenvalue weighted by Gasteiger charge is 2.26. The second-order valence-electron chi connectivity index (χ2n) is 4.63. The molecule has 0 aromatic heterocycles. The Labute approximate surface area is 97.9 Å². The smallest absolute Gasteiger partial charge is 0.0587 e. The van der Waals surface area contributed by atoms with Crippen molar-refractivity contribution >= 4 is 11.8 Å². The van der Waals surface area contributed by atoms with Crippen LogP contribution in [0.2, 0.25) is 0 Å². The molecular weight excluding hydrogens is 208 g/mol. The summed E-state index contributed by atoms with van der Waals surface area (Å²) in [4.78, 5) is 2.55. The number of nitrogens with one attached hydrogen (secondary N) is 1. The summed E-state index contributed by atoms with van der Waals surface area (Å²) in [7, 11) is 1.74. The van der Waals surface area contributed by atoms with Crippen molar-refractivity contribution in [3.63, 3.8) is 0 Å². The summed E-state index contributed by atoms with van der Waals surface area (Å²) in [5.41, 5.74) is 0. The van der Waals surface area contributed by atoms with Gasteiger partial charge in [-0.1, -0.05) is 0 Å². The van der Waals surface area contributed by atoms with Crippen LogP contribution in [-0.2, 0) is 4.74 Å². The fourth-order valence-corrected chi connectivity index (χ4v) is 3.02. The SMILES string of the molecule is COCCNCCN1CCSC(C)(C)C1. The Morgan fingerprint density at radius 1 is 1.40 bits per heavy atom. The van der Waals surface area contributed by atoms with E-state index in [0.717, 1.165) is 26.2 Å². The zero-order chi connectivity index (χ0) is 11.1. The fraction of sp³-hybridized carbons (Fsp3) is 1.00. The third kappa shape index (κ3) is 5.76. The number of thioether (sulfide) groups is 1. The predicted molar refractivity (Wildman–Crippen MR) is 67.7 cm³/mol. The number of hydrogen-bond acceptors (Lipinski definition) is 4. The van der Waals surface area contributed by atoms with E-state index < -0.39 is 0 Å². The van der Waals surface area contributed by atoms with Crippen LogP contribution in [0.1, 0.15) is 13.8 Å². The van der Waals surface area contributed by atoms with Crippen molar-refractivity contribution in [3.05, 3.63) is 0 Å². The molecule has 0 spiro atoms. The van der Waals surface area contributed by atoms with Gasteiger partial charge in [0.15, 0.2) is 0 Å². The molecule has 0 saturated carbocycles. The molecule has 1 fully saturated rings. The maximum absolute atomic E-state index is 4.99. The molecule has 0 aromatic carbocycles. The third-order valence-corrected chi connectivity index (χ3v) is 3.89. The first-order chi connectivity index (χ1) is 7.14. The van der Waals surface area contributed by atoms with Gasteiger partial charge in [0, 0.05) is 50.3 Å².